The van der Waals surface area contributed by atoms with Gasteiger partial charge in [-0.3, -0.25) is 14.5 Å². The molecule has 0 fully saturated rings. The van der Waals surface area contributed by atoms with Gasteiger partial charge in [0.1, 0.15) is 5.58 Å². The summed E-state index contributed by atoms with van der Waals surface area (Å²) in [5.41, 5.74) is 8.37. The van der Waals surface area contributed by atoms with Crippen molar-refractivity contribution in [3.05, 3.63) is 69.4 Å². The molecule has 0 aliphatic carbocycles. The molecule has 0 bridgehead atoms. The van der Waals surface area contributed by atoms with Crippen LogP contribution in [0.15, 0.2) is 56.3 Å². The van der Waals surface area contributed by atoms with Gasteiger partial charge in [-0.1, -0.05) is 40.2 Å². The summed E-state index contributed by atoms with van der Waals surface area (Å²) in [5.74, 6) is 0.385. The highest BCUT2D eigenvalue weighted by atomic mass is 79.9. The summed E-state index contributed by atoms with van der Waals surface area (Å²) >= 11 is 3.46. The minimum Gasteiger partial charge on any atom is -0.453 e. The number of amides is 1. The molecule has 2 heterocycles. The van der Waals surface area contributed by atoms with E-state index in [1.165, 1.54) is 4.90 Å². The third kappa shape index (κ3) is 3.54. The molecular weight excluding hydrogens is 446 g/mol. The number of nitrogens with two attached hydrogens (primary N) is 1. The number of hydrogen-bond acceptors (Lipinski definition) is 5. The number of furan rings is 1. The van der Waals surface area contributed by atoms with Crippen LogP contribution in [0, 0.1) is 6.92 Å². The van der Waals surface area contributed by atoms with Crippen LogP contribution in [0.1, 0.15) is 40.6 Å². The van der Waals surface area contributed by atoms with Crippen LogP contribution >= 0.6 is 15.9 Å². The Morgan fingerprint density at radius 3 is 2.80 bits per heavy atom. The number of hydrogen-bond donors (Lipinski definition) is 1. The normalized spacial score (nSPS) is 19.3. The van der Waals surface area contributed by atoms with E-state index in [0.29, 0.717) is 11.3 Å². The summed E-state index contributed by atoms with van der Waals surface area (Å²) in [4.78, 5) is 31.2. The molecule has 1 atom stereocenters. The first-order valence-corrected chi connectivity index (χ1v) is 10.4. The summed E-state index contributed by atoms with van der Waals surface area (Å²) in [5, 5.41) is 0.920. The van der Waals surface area contributed by atoms with Gasteiger partial charge in [0.05, 0.1) is 12.0 Å². The molecular formula is C23H22BrN3O3. The van der Waals surface area contributed by atoms with Gasteiger partial charge in [0, 0.05) is 28.9 Å². The van der Waals surface area contributed by atoms with Gasteiger partial charge in [0.15, 0.2) is 11.7 Å². The number of ketones is 1. The zero-order valence-corrected chi connectivity index (χ0v) is 18.6. The van der Waals surface area contributed by atoms with Crippen molar-refractivity contribution >= 4 is 44.5 Å². The van der Waals surface area contributed by atoms with Gasteiger partial charge in [0.2, 0.25) is 11.7 Å². The van der Waals surface area contributed by atoms with Crippen molar-refractivity contribution in [1.29, 1.82) is 0 Å². The lowest BCUT2D eigenvalue weighted by Crippen LogP contribution is -2.47. The number of carbonyl (C=O) groups is 2. The van der Waals surface area contributed by atoms with Crippen LogP contribution in [0.3, 0.4) is 0 Å². The Hall–Kier alpha value is -2.93. The van der Waals surface area contributed by atoms with Crippen LogP contribution in [0.2, 0.25) is 0 Å². The molecule has 30 heavy (non-hydrogen) atoms. The monoisotopic (exact) mass is 467 g/mol. The Morgan fingerprint density at radius 1 is 1.30 bits per heavy atom. The summed E-state index contributed by atoms with van der Waals surface area (Å²) in [6, 6.07) is 13.3. The highest BCUT2D eigenvalue weighted by molar-refractivity contribution is 9.10. The average Bonchev–Trinajstić information content (AvgIpc) is 3.02. The second-order valence-corrected chi connectivity index (χ2v) is 8.79. The van der Waals surface area contributed by atoms with Gasteiger partial charge in [0.25, 0.3) is 0 Å². The van der Waals surface area contributed by atoms with Crippen molar-refractivity contribution in [3.8, 4) is 0 Å². The topological polar surface area (TPSA) is 88.9 Å². The second-order valence-electron chi connectivity index (χ2n) is 7.87. The minimum atomic E-state index is -0.756. The first-order chi connectivity index (χ1) is 14.2. The van der Waals surface area contributed by atoms with Crippen LogP contribution in [-0.4, -0.2) is 29.6 Å². The molecule has 1 aliphatic rings. The predicted octanol–water partition coefficient (Wildman–Crippen LogP) is 4.32. The van der Waals surface area contributed by atoms with Crippen molar-refractivity contribution in [1.82, 2.24) is 4.90 Å². The minimum absolute atomic E-state index is 0.0875. The average molecular weight is 468 g/mol. The maximum atomic E-state index is 13.0. The number of nitrogens with zero attached hydrogens (tertiary/aromatic N) is 2. The number of halogens is 1. The number of carbonyl (C=O) groups excluding carboxylic acids is 2. The number of fused-ring (bicyclic) bond motifs is 1. The quantitative estimate of drug-likeness (QED) is 0.578. The van der Waals surface area contributed by atoms with Crippen molar-refractivity contribution in [3.63, 3.8) is 0 Å². The van der Waals surface area contributed by atoms with Crippen LogP contribution in [0.4, 0.5) is 0 Å². The van der Waals surface area contributed by atoms with E-state index in [1.807, 2.05) is 56.3 Å². The molecule has 1 amide bonds. The number of rotatable bonds is 4. The molecule has 154 valence electrons. The Bertz CT molecular complexity index is 1210. The van der Waals surface area contributed by atoms with Gasteiger partial charge in [-0.15, -0.1) is 0 Å². The number of aliphatic imine (C=N–C) groups is 1. The fourth-order valence-corrected chi connectivity index (χ4v) is 4.18. The fourth-order valence-electron chi connectivity index (χ4n) is 3.82. The van der Waals surface area contributed by atoms with E-state index >= 15 is 0 Å². The molecule has 2 N–H and O–H groups in total. The molecule has 6 nitrogen and oxygen atoms in total. The maximum Gasteiger partial charge on any atom is 0.231 e. The molecule has 1 aromatic heterocycles. The summed E-state index contributed by atoms with van der Waals surface area (Å²) in [6.07, 6.45) is 0.415. The van der Waals surface area contributed by atoms with Gasteiger partial charge in [-0.25, -0.2) is 4.99 Å². The zero-order chi connectivity index (χ0) is 21.6. The Morgan fingerprint density at radius 2 is 2.07 bits per heavy atom. The highest BCUT2D eigenvalue weighted by Gasteiger charge is 2.36. The third-order valence-electron chi connectivity index (χ3n) is 5.64. The molecule has 0 spiro atoms. The number of aryl methyl sites for hydroxylation is 1. The number of benzene rings is 2. The molecule has 4 rings (SSSR count). The SMILES string of the molecule is Cc1c(C(=O)Cc2cccc(C3(C)CC(=O)N(C)C(N)=N3)c2)oc2ccc(Br)cc12. The highest BCUT2D eigenvalue weighted by Crippen LogP contribution is 2.34. The van der Waals surface area contributed by atoms with E-state index in [1.54, 1.807) is 7.05 Å². The Labute approximate surface area is 182 Å². The van der Waals surface area contributed by atoms with Crippen LogP contribution < -0.4 is 5.73 Å². The molecule has 2 aromatic carbocycles. The molecule has 0 saturated heterocycles. The predicted molar refractivity (Wildman–Crippen MR) is 119 cm³/mol. The van der Waals surface area contributed by atoms with Crippen molar-refractivity contribution < 1.29 is 14.0 Å². The fraction of sp³-hybridized carbons (Fsp3) is 0.261. The zero-order valence-electron chi connectivity index (χ0n) is 17.0. The van der Waals surface area contributed by atoms with E-state index in [9.17, 15) is 9.59 Å². The van der Waals surface area contributed by atoms with E-state index < -0.39 is 5.54 Å². The van der Waals surface area contributed by atoms with E-state index in [-0.39, 0.29) is 30.5 Å². The number of guanidine groups is 1. The summed E-state index contributed by atoms with van der Waals surface area (Å²) in [6.45, 7) is 3.78. The van der Waals surface area contributed by atoms with E-state index in [4.69, 9.17) is 10.2 Å². The van der Waals surface area contributed by atoms with Gasteiger partial charge in [-0.2, -0.15) is 0 Å². The standard InChI is InChI=1S/C23H22BrN3O3/c1-13-17-11-16(24)7-8-19(17)30-21(13)18(28)10-14-5-4-6-15(9-14)23(2)12-20(29)27(3)22(25)26-23/h4-9,11H,10,12H2,1-3H3,(H2,25,26). The van der Waals surface area contributed by atoms with Crippen LogP contribution in [-0.2, 0) is 16.8 Å². The van der Waals surface area contributed by atoms with Gasteiger partial charge >= 0.3 is 0 Å². The van der Waals surface area contributed by atoms with E-state index in [2.05, 4.69) is 20.9 Å². The smallest absolute Gasteiger partial charge is 0.231 e. The molecule has 1 unspecified atom stereocenters. The second kappa shape index (κ2) is 7.40. The first kappa shape index (κ1) is 20.3. The first-order valence-electron chi connectivity index (χ1n) is 9.61. The molecule has 3 aromatic rings. The summed E-state index contributed by atoms with van der Waals surface area (Å²) in [7, 11) is 1.62. The van der Waals surface area contributed by atoms with Gasteiger partial charge in [-0.05, 0) is 43.2 Å². The molecule has 7 heteroatoms. The van der Waals surface area contributed by atoms with Crippen molar-refractivity contribution in [2.24, 2.45) is 10.7 Å². The molecule has 0 saturated carbocycles. The third-order valence-corrected chi connectivity index (χ3v) is 6.13. The van der Waals surface area contributed by atoms with Crippen LogP contribution in [0.5, 0.6) is 0 Å². The van der Waals surface area contributed by atoms with Crippen molar-refractivity contribution in [2.75, 3.05) is 7.05 Å². The summed E-state index contributed by atoms with van der Waals surface area (Å²) < 4.78 is 6.77. The van der Waals surface area contributed by atoms with Crippen LogP contribution in [0.25, 0.3) is 11.0 Å². The number of Topliss-reactive ketones (excluding diaryl/α,β-unsaturated/α-hetero) is 1. The van der Waals surface area contributed by atoms with Crippen molar-refractivity contribution in [2.45, 2.75) is 32.2 Å². The largest absolute Gasteiger partial charge is 0.453 e. The van der Waals surface area contributed by atoms with E-state index in [0.717, 1.165) is 26.5 Å². The lowest BCUT2D eigenvalue weighted by Gasteiger charge is -2.33. The molecule has 1 aliphatic heterocycles. The lowest BCUT2D eigenvalue weighted by molar-refractivity contribution is -0.128. The molecule has 0 radical (unpaired) electrons. The Balaban J connectivity index is 1.63. The maximum absolute atomic E-state index is 13.0. The van der Waals surface area contributed by atoms with Gasteiger partial charge < -0.3 is 10.2 Å². The Kier molecular flexibility index (Phi) is 5.02. The lowest BCUT2D eigenvalue weighted by atomic mass is 9.86.